The Kier molecular flexibility index (Phi) is 6.15. The van der Waals surface area contributed by atoms with Crippen molar-refractivity contribution in [2.45, 2.75) is 19.1 Å². The van der Waals surface area contributed by atoms with E-state index in [2.05, 4.69) is 15.2 Å². The fraction of sp³-hybridized carbons (Fsp3) is 0.273. The second kappa shape index (κ2) is 9.15. The molecule has 0 bridgehead atoms. The van der Waals surface area contributed by atoms with Crippen molar-refractivity contribution < 1.29 is 23.0 Å². The third-order valence-corrected chi connectivity index (χ3v) is 4.86. The van der Waals surface area contributed by atoms with E-state index < -0.39 is 6.61 Å². The van der Waals surface area contributed by atoms with Crippen LogP contribution in [0.25, 0.3) is 5.69 Å². The molecule has 1 aromatic heterocycles. The first-order valence-electron chi connectivity index (χ1n) is 9.63. The highest BCUT2D eigenvalue weighted by Gasteiger charge is 2.16. The molecule has 1 atom stereocenters. The van der Waals surface area contributed by atoms with Crippen LogP contribution >= 0.6 is 0 Å². The van der Waals surface area contributed by atoms with Crippen molar-refractivity contribution in [3.63, 3.8) is 0 Å². The summed E-state index contributed by atoms with van der Waals surface area (Å²) < 4.78 is 36.4. The van der Waals surface area contributed by atoms with Crippen molar-refractivity contribution in [2.24, 2.45) is 0 Å². The molecule has 1 N–H and O–H groups in total. The topological polar surface area (TPSA) is 65.4 Å². The lowest BCUT2D eigenvalue weighted by Crippen LogP contribution is -2.33. The molecule has 6 nitrogen and oxygen atoms in total. The molecule has 0 amide bonds. The molecule has 1 aliphatic heterocycles. The van der Waals surface area contributed by atoms with E-state index in [4.69, 9.17) is 4.74 Å². The molecule has 0 saturated carbocycles. The zero-order chi connectivity index (χ0) is 20.9. The summed E-state index contributed by atoms with van der Waals surface area (Å²) in [4.78, 5) is 12.6. The van der Waals surface area contributed by atoms with Gasteiger partial charge in [-0.25, -0.2) is 4.68 Å². The molecule has 2 heterocycles. The smallest absolute Gasteiger partial charge is 0.387 e. The van der Waals surface area contributed by atoms with Gasteiger partial charge in [-0.05, 0) is 23.3 Å². The van der Waals surface area contributed by atoms with Crippen molar-refractivity contribution >= 4 is 5.78 Å². The molecule has 1 saturated heterocycles. The van der Waals surface area contributed by atoms with Crippen LogP contribution in [-0.4, -0.2) is 41.9 Å². The Morgan fingerprint density at radius 1 is 1.27 bits per heavy atom. The molecule has 30 heavy (non-hydrogen) atoms. The van der Waals surface area contributed by atoms with Crippen LogP contribution in [0, 0.1) is 0 Å². The van der Waals surface area contributed by atoms with E-state index in [0.717, 1.165) is 24.2 Å². The van der Waals surface area contributed by atoms with Crippen LogP contribution in [0.2, 0.25) is 0 Å². The Morgan fingerprint density at radius 3 is 2.83 bits per heavy atom. The third kappa shape index (κ3) is 4.90. The summed E-state index contributed by atoms with van der Waals surface area (Å²) in [6, 6.07) is 14.0. The Balaban J connectivity index is 1.42. The standard InChI is InChI=1S/C22H21F2N3O3/c23-22(24)30-19-3-1-2-18(11-19)27-14-17(12-26-27)20(28)10-15-4-6-16(7-5-15)21-13-25-8-9-29-21/h1-7,11-12,14,21-22,25H,8-10,13H2/t21-/m1/s1. The summed E-state index contributed by atoms with van der Waals surface area (Å²) in [5.74, 6) is -0.0484. The molecule has 0 radical (unpaired) electrons. The summed E-state index contributed by atoms with van der Waals surface area (Å²) in [5, 5.41) is 7.47. The number of ether oxygens (including phenoxy) is 2. The van der Waals surface area contributed by atoms with E-state index in [0.29, 0.717) is 17.9 Å². The Bertz CT molecular complexity index is 999. The maximum absolute atomic E-state index is 12.6. The molecular formula is C22H21F2N3O3. The molecule has 1 aliphatic rings. The zero-order valence-electron chi connectivity index (χ0n) is 16.1. The van der Waals surface area contributed by atoms with E-state index in [1.807, 2.05) is 24.3 Å². The Labute approximate surface area is 172 Å². The van der Waals surface area contributed by atoms with Crippen molar-refractivity contribution in [3.05, 3.63) is 77.6 Å². The number of carbonyl (C=O) groups excluding carboxylic acids is 1. The summed E-state index contributed by atoms with van der Waals surface area (Å²) in [6.45, 7) is -0.574. The van der Waals surface area contributed by atoms with E-state index in [1.54, 1.807) is 18.3 Å². The second-order valence-corrected chi connectivity index (χ2v) is 6.95. The average molecular weight is 413 g/mol. The van der Waals surface area contributed by atoms with Gasteiger partial charge in [-0.3, -0.25) is 4.79 Å². The van der Waals surface area contributed by atoms with Crippen LogP contribution in [0.3, 0.4) is 0 Å². The van der Waals surface area contributed by atoms with E-state index in [1.165, 1.54) is 23.0 Å². The third-order valence-electron chi connectivity index (χ3n) is 4.86. The molecule has 4 rings (SSSR count). The number of carbonyl (C=O) groups is 1. The SMILES string of the molecule is O=C(Cc1ccc([C@H]2CNCCO2)cc1)c1cnn(-c2cccc(OC(F)F)c2)c1. The van der Waals surface area contributed by atoms with Crippen LogP contribution in [-0.2, 0) is 11.2 Å². The average Bonchev–Trinajstić information content (AvgIpc) is 3.25. The van der Waals surface area contributed by atoms with Gasteiger partial charge in [-0.15, -0.1) is 0 Å². The van der Waals surface area contributed by atoms with Crippen molar-refractivity contribution in [1.82, 2.24) is 15.1 Å². The van der Waals surface area contributed by atoms with Gasteiger partial charge in [0.05, 0.1) is 30.2 Å². The number of halogens is 2. The number of nitrogens with zero attached hydrogens (tertiary/aromatic N) is 2. The molecule has 0 unspecified atom stereocenters. The van der Waals surface area contributed by atoms with Gasteiger partial charge < -0.3 is 14.8 Å². The minimum Gasteiger partial charge on any atom is -0.435 e. The molecule has 8 heteroatoms. The number of benzene rings is 2. The molecule has 156 valence electrons. The van der Waals surface area contributed by atoms with Gasteiger partial charge >= 0.3 is 6.61 Å². The van der Waals surface area contributed by atoms with Crippen molar-refractivity contribution in [2.75, 3.05) is 19.7 Å². The maximum Gasteiger partial charge on any atom is 0.387 e. The minimum absolute atomic E-state index is 0.0307. The lowest BCUT2D eigenvalue weighted by molar-refractivity contribution is -0.0498. The van der Waals surface area contributed by atoms with Gasteiger partial charge in [-0.1, -0.05) is 30.3 Å². The highest BCUT2D eigenvalue weighted by Crippen LogP contribution is 2.21. The van der Waals surface area contributed by atoms with Crippen LogP contribution in [0.15, 0.2) is 60.9 Å². The molecule has 0 aliphatic carbocycles. The number of rotatable bonds is 7. The number of morpholine rings is 1. The number of hydrogen-bond acceptors (Lipinski definition) is 5. The molecule has 3 aromatic rings. The number of ketones is 1. The summed E-state index contributed by atoms with van der Waals surface area (Å²) in [5.41, 5.74) is 2.95. The van der Waals surface area contributed by atoms with Gasteiger partial charge in [0.25, 0.3) is 0 Å². The number of Topliss-reactive ketones (excluding diaryl/α,β-unsaturated/α-hetero) is 1. The second-order valence-electron chi connectivity index (χ2n) is 6.95. The van der Waals surface area contributed by atoms with Gasteiger partial charge in [0.1, 0.15) is 5.75 Å². The van der Waals surface area contributed by atoms with E-state index in [-0.39, 0.29) is 24.1 Å². The fourth-order valence-corrected chi connectivity index (χ4v) is 3.33. The number of aromatic nitrogens is 2. The molecule has 2 aromatic carbocycles. The summed E-state index contributed by atoms with van der Waals surface area (Å²) in [6.07, 6.45) is 3.33. The predicted molar refractivity (Wildman–Crippen MR) is 106 cm³/mol. The van der Waals surface area contributed by atoms with Gasteiger partial charge in [0.15, 0.2) is 5.78 Å². The lowest BCUT2D eigenvalue weighted by Gasteiger charge is -2.24. The number of nitrogens with one attached hydrogen (secondary N) is 1. The number of alkyl halides is 2. The van der Waals surface area contributed by atoms with Crippen LogP contribution in [0.4, 0.5) is 8.78 Å². The zero-order valence-corrected chi connectivity index (χ0v) is 16.1. The first-order chi connectivity index (χ1) is 14.6. The Hall–Kier alpha value is -3.10. The molecule has 0 spiro atoms. The lowest BCUT2D eigenvalue weighted by atomic mass is 10.0. The van der Waals surface area contributed by atoms with E-state index in [9.17, 15) is 13.6 Å². The first kappa shape index (κ1) is 20.2. The minimum atomic E-state index is -2.90. The highest BCUT2D eigenvalue weighted by atomic mass is 19.3. The largest absolute Gasteiger partial charge is 0.435 e. The number of hydrogen-bond donors (Lipinski definition) is 1. The van der Waals surface area contributed by atoms with Crippen molar-refractivity contribution in [1.29, 1.82) is 0 Å². The normalized spacial score (nSPS) is 16.6. The quantitative estimate of drug-likeness (QED) is 0.600. The maximum atomic E-state index is 12.6. The highest BCUT2D eigenvalue weighted by molar-refractivity contribution is 5.97. The summed E-state index contributed by atoms with van der Waals surface area (Å²) >= 11 is 0. The van der Waals surface area contributed by atoms with Crippen molar-refractivity contribution in [3.8, 4) is 11.4 Å². The van der Waals surface area contributed by atoms with Gasteiger partial charge in [-0.2, -0.15) is 13.9 Å². The van der Waals surface area contributed by atoms with Crippen LogP contribution in [0.5, 0.6) is 5.75 Å². The monoisotopic (exact) mass is 413 g/mol. The first-order valence-corrected chi connectivity index (χ1v) is 9.63. The Morgan fingerprint density at radius 2 is 2.10 bits per heavy atom. The summed E-state index contributed by atoms with van der Waals surface area (Å²) in [7, 11) is 0. The van der Waals surface area contributed by atoms with E-state index >= 15 is 0 Å². The molecular weight excluding hydrogens is 392 g/mol. The van der Waals surface area contributed by atoms with Gasteiger partial charge in [0, 0.05) is 31.8 Å². The predicted octanol–water partition coefficient (Wildman–Crippen LogP) is 3.56. The van der Waals surface area contributed by atoms with Crippen LogP contribution < -0.4 is 10.1 Å². The molecule has 1 fully saturated rings. The van der Waals surface area contributed by atoms with Gasteiger partial charge in [0.2, 0.25) is 0 Å². The fourth-order valence-electron chi connectivity index (χ4n) is 3.33. The van der Waals surface area contributed by atoms with Crippen LogP contribution in [0.1, 0.15) is 27.6 Å².